The number of hydrogen-bond donors (Lipinski definition) is 0. The van der Waals surface area contributed by atoms with Crippen molar-refractivity contribution >= 4 is 29.4 Å². The molecule has 2 aromatic carbocycles. The Morgan fingerprint density at radius 1 is 1.03 bits per heavy atom. The van der Waals surface area contributed by atoms with Crippen molar-refractivity contribution in [3.05, 3.63) is 72.3 Å². The molecule has 0 radical (unpaired) electrons. The predicted octanol–water partition coefficient (Wildman–Crippen LogP) is 3.34. The van der Waals surface area contributed by atoms with Gasteiger partial charge in [-0.2, -0.15) is 0 Å². The summed E-state index contributed by atoms with van der Waals surface area (Å²) in [5.41, 5.74) is 1.40. The van der Waals surface area contributed by atoms with Crippen LogP contribution >= 0.6 is 0 Å². The van der Waals surface area contributed by atoms with E-state index < -0.39 is 11.9 Å². The lowest BCUT2D eigenvalue weighted by molar-refractivity contribution is -0.139. The molecule has 3 aliphatic rings. The zero-order valence-corrected chi connectivity index (χ0v) is 18.9. The molecule has 2 heterocycles. The van der Waals surface area contributed by atoms with Gasteiger partial charge in [0.1, 0.15) is 5.75 Å². The number of imide groups is 1. The van der Waals surface area contributed by atoms with Gasteiger partial charge in [0.2, 0.25) is 17.7 Å². The molecule has 7 heteroatoms. The van der Waals surface area contributed by atoms with Gasteiger partial charge >= 0.3 is 5.97 Å². The first-order valence-corrected chi connectivity index (χ1v) is 11.6. The highest BCUT2D eigenvalue weighted by molar-refractivity contribution is 6.22. The number of anilines is 1. The highest BCUT2D eigenvalue weighted by Crippen LogP contribution is 2.41. The molecule has 7 nitrogen and oxygen atoms in total. The SMILES string of the molecule is C[C@@H]1C=CC[C@@H]2C(=O)N(c3cccc(OC(=O)[C@H]4CC(=O)N(Cc5ccccc5)C4)c3)C(=O)[C@H]12. The number of esters is 1. The highest BCUT2D eigenvalue weighted by Gasteiger charge is 2.50. The van der Waals surface area contributed by atoms with Gasteiger partial charge in [0.05, 0.1) is 23.4 Å². The second-order valence-corrected chi connectivity index (χ2v) is 9.25. The topological polar surface area (TPSA) is 84.0 Å². The Labute approximate surface area is 198 Å². The molecule has 34 heavy (non-hydrogen) atoms. The standard InChI is InChI=1S/C27H26N2O5/c1-17-7-5-12-22-24(17)26(32)29(25(22)31)20-10-6-11-21(14-20)34-27(33)19-13-23(30)28(16-19)15-18-8-3-2-4-9-18/h2-11,14,17,19,22,24H,12-13,15-16H2,1H3/t17-,19+,22+,24-/m1/s1. The van der Waals surface area contributed by atoms with Gasteiger partial charge in [-0.05, 0) is 30.0 Å². The Morgan fingerprint density at radius 2 is 1.82 bits per heavy atom. The number of ether oxygens (including phenoxy) is 1. The number of carbonyl (C=O) groups is 4. The van der Waals surface area contributed by atoms with Crippen LogP contribution in [0, 0.1) is 23.7 Å². The molecule has 0 spiro atoms. The van der Waals surface area contributed by atoms with Crippen LogP contribution in [0.5, 0.6) is 5.75 Å². The molecule has 0 aromatic heterocycles. The molecule has 0 saturated carbocycles. The van der Waals surface area contributed by atoms with Crippen molar-refractivity contribution in [3.8, 4) is 5.75 Å². The minimum atomic E-state index is -0.565. The van der Waals surface area contributed by atoms with Crippen LogP contribution in [0.15, 0.2) is 66.7 Å². The zero-order valence-electron chi connectivity index (χ0n) is 18.9. The maximum absolute atomic E-state index is 13.0. The van der Waals surface area contributed by atoms with E-state index in [9.17, 15) is 19.2 Å². The van der Waals surface area contributed by atoms with Crippen LogP contribution in [-0.2, 0) is 25.7 Å². The fourth-order valence-corrected chi connectivity index (χ4v) is 5.17. The molecule has 1 aliphatic carbocycles. The molecular formula is C27H26N2O5. The fourth-order valence-electron chi connectivity index (χ4n) is 5.17. The van der Waals surface area contributed by atoms with Crippen molar-refractivity contribution in [2.45, 2.75) is 26.3 Å². The number of allylic oxidation sites excluding steroid dienone is 2. The van der Waals surface area contributed by atoms with Crippen LogP contribution in [0.4, 0.5) is 5.69 Å². The number of benzene rings is 2. The van der Waals surface area contributed by atoms with Crippen LogP contribution in [-0.4, -0.2) is 35.1 Å². The van der Waals surface area contributed by atoms with E-state index in [-0.39, 0.29) is 47.6 Å². The van der Waals surface area contributed by atoms with Crippen molar-refractivity contribution in [2.24, 2.45) is 23.7 Å². The average molecular weight is 459 g/mol. The molecule has 0 unspecified atom stereocenters. The summed E-state index contributed by atoms with van der Waals surface area (Å²) in [5, 5.41) is 0. The van der Waals surface area contributed by atoms with E-state index in [1.807, 2.05) is 49.4 Å². The summed E-state index contributed by atoms with van der Waals surface area (Å²) in [4.78, 5) is 54.1. The van der Waals surface area contributed by atoms with E-state index in [0.717, 1.165) is 5.56 Å². The number of hydrogen-bond acceptors (Lipinski definition) is 5. The summed E-state index contributed by atoms with van der Waals surface area (Å²) in [6, 6.07) is 16.1. The molecule has 0 bridgehead atoms. The number of fused-ring (bicyclic) bond motifs is 1. The Bertz CT molecular complexity index is 1170. The van der Waals surface area contributed by atoms with Gasteiger partial charge in [-0.25, -0.2) is 4.90 Å². The molecule has 3 amide bonds. The lowest BCUT2D eigenvalue weighted by Crippen LogP contribution is -2.31. The van der Waals surface area contributed by atoms with Crippen molar-refractivity contribution in [1.29, 1.82) is 0 Å². The molecule has 2 saturated heterocycles. The predicted molar refractivity (Wildman–Crippen MR) is 124 cm³/mol. The van der Waals surface area contributed by atoms with E-state index in [4.69, 9.17) is 4.74 Å². The largest absolute Gasteiger partial charge is 0.426 e. The maximum atomic E-state index is 13.0. The van der Waals surface area contributed by atoms with Crippen LogP contribution in [0.25, 0.3) is 0 Å². The second kappa shape index (κ2) is 8.89. The van der Waals surface area contributed by atoms with E-state index >= 15 is 0 Å². The van der Waals surface area contributed by atoms with E-state index in [1.54, 1.807) is 29.2 Å². The minimum Gasteiger partial charge on any atom is -0.426 e. The molecule has 2 fully saturated rings. The van der Waals surface area contributed by atoms with Gasteiger partial charge in [-0.3, -0.25) is 19.2 Å². The van der Waals surface area contributed by atoms with Crippen LogP contribution < -0.4 is 9.64 Å². The van der Waals surface area contributed by atoms with Crippen LogP contribution in [0.1, 0.15) is 25.3 Å². The first-order chi connectivity index (χ1) is 16.4. The summed E-state index contributed by atoms with van der Waals surface area (Å²) < 4.78 is 5.58. The zero-order chi connectivity index (χ0) is 23.8. The third kappa shape index (κ3) is 4.02. The lowest BCUT2D eigenvalue weighted by Gasteiger charge is -2.22. The number of nitrogens with zero attached hydrogens (tertiary/aromatic N) is 2. The first kappa shape index (κ1) is 22.1. The Balaban J connectivity index is 1.27. The van der Waals surface area contributed by atoms with E-state index in [2.05, 4.69) is 0 Å². The number of likely N-dealkylation sites (tertiary alicyclic amines) is 1. The van der Waals surface area contributed by atoms with Gasteiger partial charge < -0.3 is 9.64 Å². The van der Waals surface area contributed by atoms with Crippen LogP contribution in [0.2, 0.25) is 0 Å². The van der Waals surface area contributed by atoms with Gasteiger partial charge in [0, 0.05) is 25.6 Å². The third-order valence-corrected chi connectivity index (χ3v) is 6.93. The summed E-state index contributed by atoms with van der Waals surface area (Å²) in [7, 11) is 0. The second-order valence-electron chi connectivity index (χ2n) is 9.25. The summed E-state index contributed by atoms with van der Waals surface area (Å²) in [6.07, 6.45) is 4.60. The highest BCUT2D eigenvalue weighted by atomic mass is 16.5. The molecule has 0 N–H and O–H groups in total. The average Bonchev–Trinajstić information content (AvgIpc) is 3.32. The van der Waals surface area contributed by atoms with Crippen LogP contribution in [0.3, 0.4) is 0 Å². The number of amides is 3. The van der Waals surface area contributed by atoms with Crippen molar-refractivity contribution in [2.75, 3.05) is 11.4 Å². The van der Waals surface area contributed by atoms with Gasteiger partial charge in [0.25, 0.3) is 0 Å². The quantitative estimate of drug-likeness (QED) is 0.297. The molecular weight excluding hydrogens is 432 g/mol. The number of rotatable bonds is 5. The Morgan fingerprint density at radius 3 is 2.59 bits per heavy atom. The summed E-state index contributed by atoms with van der Waals surface area (Å²) in [5.74, 6) is -2.03. The summed E-state index contributed by atoms with van der Waals surface area (Å²) >= 11 is 0. The first-order valence-electron chi connectivity index (χ1n) is 11.6. The van der Waals surface area contributed by atoms with E-state index in [0.29, 0.717) is 25.2 Å². The van der Waals surface area contributed by atoms with Gasteiger partial charge in [-0.15, -0.1) is 0 Å². The molecule has 174 valence electrons. The molecule has 4 atom stereocenters. The summed E-state index contributed by atoms with van der Waals surface area (Å²) in [6.45, 7) is 2.70. The van der Waals surface area contributed by atoms with E-state index in [1.165, 1.54) is 4.90 Å². The Kier molecular flexibility index (Phi) is 5.77. The number of carbonyl (C=O) groups excluding carboxylic acids is 4. The van der Waals surface area contributed by atoms with Crippen molar-refractivity contribution in [3.63, 3.8) is 0 Å². The smallest absolute Gasteiger partial charge is 0.316 e. The normalized spacial score (nSPS) is 26.2. The molecule has 5 rings (SSSR count). The molecule has 2 aliphatic heterocycles. The minimum absolute atomic E-state index is 0.0000501. The Hall–Kier alpha value is -3.74. The monoisotopic (exact) mass is 458 g/mol. The van der Waals surface area contributed by atoms with Gasteiger partial charge in [0.15, 0.2) is 0 Å². The fraction of sp³-hybridized carbons (Fsp3) is 0.333. The lowest BCUT2D eigenvalue weighted by atomic mass is 9.78. The van der Waals surface area contributed by atoms with Crippen molar-refractivity contribution in [1.82, 2.24) is 4.90 Å². The van der Waals surface area contributed by atoms with Crippen molar-refractivity contribution < 1.29 is 23.9 Å². The third-order valence-electron chi connectivity index (χ3n) is 6.93. The van der Waals surface area contributed by atoms with Gasteiger partial charge in [-0.1, -0.05) is 55.5 Å². The maximum Gasteiger partial charge on any atom is 0.316 e. The molecule has 2 aromatic rings.